The van der Waals surface area contributed by atoms with Crippen molar-refractivity contribution < 1.29 is 32.1 Å². The zero-order valence-corrected chi connectivity index (χ0v) is 16.6. The van der Waals surface area contributed by atoms with Crippen molar-refractivity contribution in [3.63, 3.8) is 0 Å². The molecule has 0 bridgehead atoms. The summed E-state index contributed by atoms with van der Waals surface area (Å²) in [5, 5.41) is 1.11. The van der Waals surface area contributed by atoms with Crippen LogP contribution in [0.2, 0.25) is 0 Å². The van der Waals surface area contributed by atoms with Crippen molar-refractivity contribution in [1.29, 1.82) is 0 Å². The fourth-order valence-electron chi connectivity index (χ4n) is 2.42. The van der Waals surface area contributed by atoms with Crippen molar-refractivity contribution in [2.75, 3.05) is 35.5 Å². The minimum Gasteiger partial charge on any atom is -0.493 e. The van der Waals surface area contributed by atoms with Crippen molar-refractivity contribution in [2.45, 2.75) is 4.90 Å². The Hall–Kier alpha value is -2.87. The summed E-state index contributed by atoms with van der Waals surface area (Å²) < 4.78 is 51.5. The van der Waals surface area contributed by atoms with Gasteiger partial charge in [0.05, 0.1) is 40.4 Å². The van der Waals surface area contributed by atoms with Crippen LogP contribution in [0.25, 0.3) is 6.08 Å². The second-order valence-electron chi connectivity index (χ2n) is 5.32. The van der Waals surface area contributed by atoms with Crippen LogP contribution in [-0.2, 0) is 9.84 Å². The summed E-state index contributed by atoms with van der Waals surface area (Å²) in [5.41, 5.74) is 0.642. The molecule has 0 radical (unpaired) electrons. The van der Waals surface area contributed by atoms with Gasteiger partial charge in [0.2, 0.25) is 5.75 Å². The molecule has 2 aromatic rings. The lowest BCUT2D eigenvalue weighted by Gasteiger charge is -2.13. The Bertz CT molecular complexity index is 908. The van der Waals surface area contributed by atoms with Crippen molar-refractivity contribution in [2.24, 2.45) is 0 Å². The smallest absolute Gasteiger partial charge is 0.203 e. The van der Waals surface area contributed by atoms with Crippen LogP contribution >= 0.6 is 0 Å². The SMILES string of the molecule is COc1ccc(/C=C/S(=O)(=O)c2cc(OC)c(OC)c(OC)c2)cc1OC. The fraction of sp³-hybridized carbons (Fsp3) is 0.263. The molecule has 2 aromatic carbocycles. The lowest BCUT2D eigenvalue weighted by molar-refractivity contribution is 0.323. The van der Waals surface area contributed by atoms with Gasteiger partial charge < -0.3 is 23.7 Å². The zero-order chi connectivity index (χ0) is 20.0. The summed E-state index contributed by atoms with van der Waals surface area (Å²) in [5.74, 6) is 1.90. The lowest BCUT2D eigenvalue weighted by atomic mass is 10.2. The van der Waals surface area contributed by atoms with Gasteiger partial charge in [-0.25, -0.2) is 8.42 Å². The Morgan fingerprint density at radius 2 is 1.26 bits per heavy atom. The van der Waals surface area contributed by atoms with Gasteiger partial charge in [-0.3, -0.25) is 0 Å². The highest BCUT2D eigenvalue weighted by atomic mass is 32.2. The summed E-state index contributed by atoms with van der Waals surface area (Å²) in [4.78, 5) is 0.0220. The summed E-state index contributed by atoms with van der Waals surface area (Å²) in [6, 6.07) is 7.87. The van der Waals surface area contributed by atoms with E-state index in [1.807, 2.05) is 0 Å². The molecule has 0 saturated heterocycles. The highest BCUT2D eigenvalue weighted by molar-refractivity contribution is 7.94. The maximum absolute atomic E-state index is 12.7. The molecule has 0 aliphatic heterocycles. The maximum Gasteiger partial charge on any atom is 0.203 e. The molecule has 146 valence electrons. The van der Waals surface area contributed by atoms with E-state index in [0.717, 1.165) is 5.41 Å². The van der Waals surface area contributed by atoms with Gasteiger partial charge in [-0.2, -0.15) is 0 Å². The Kier molecular flexibility index (Phi) is 6.57. The number of rotatable bonds is 8. The second kappa shape index (κ2) is 8.68. The first kappa shape index (κ1) is 20.4. The van der Waals surface area contributed by atoms with Crippen LogP contribution in [0.4, 0.5) is 0 Å². The van der Waals surface area contributed by atoms with E-state index in [4.69, 9.17) is 23.7 Å². The van der Waals surface area contributed by atoms with Gasteiger partial charge in [0.15, 0.2) is 32.8 Å². The third-order valence-electron chi connectivity index (χ3n) is 3.81. The highest BCUT2D eigenvalue weighted by Crippen LogP contribution is 2.40. The monoisotopic (exact) mass is 394 g/mol. The van der Waals surface area contributed by atoms with E-state index in [9.17, 15) is 8.42 Å². The minimum absolute atomic E-state index is 0.0220. The maximum atomic E-state index is 12.7. The van der Waals surface area contributed by atoms with Gasteiger partial charge in [-0.15, -0.1) is 0 Å². The summed E-state index contributed by atoms with van der Waals surface area (Å²) in [6.45, 7) is 0. The third kappa shape index (κ3) is 4.46. The predicted octanol–water partition coefficient (Wildman–Crippen LogP) is 3.17. The van der Waals surface area contributed by atoms with Crippen molar-refractivity contribution in [3.8, 4) is 28.7 Å². The van der Waals surface area contributed by atoms with E-state index in [1.54, 1.807) is 18.2 Å². The van der Waals surface area contributed by atoms with Gasteiger partial charge in [0.1, 0.15) is 0 Å². The normalized spacial score (nSPS) is 11.3. The molecule has 0 N–H and O–H groups in total. The van der Waals surface area contributed by atoms with Crippen LogP contribution in [0, 0.1) is 0 Å². The van der Waals surface area contributed by atoms with E-state index in [0.29, 0.717) is 22.8 Å². The molecule has 7 nitrogen and oxygen atoms in total. The van der Waals surface area contributed by atoms with Crippen molar-refractivity contribution >= 4 is 15.9 Å². The summed E-state index contributed by atoms with van der Waals surface area (Å²) in [7, 11) is 3.59. The van der Waals surface area contributed by atoms with Crippen LogP contribution in [0.3, 0.4) is 0 Å². The molecule has 8 heteroatoms. The molecule has 2 rings (SSSR count). The molecule has 27 heavy (non-hydrogen) atoms. The number of hydrogen-bond donors (Lipinski definition) is 0. The Morgan fingerprint density at radius 1 is 0.704 bits per heavy atom. The van der Waals surface area contributed by atoms with E-state index < -0.39 is 9.84 Å². The largest absolute Gasteiger partial charge is 0.493 e. The summed E-state index contributed by atoms with van der Waals surface area (Å²) >= 11 is 0. The molecule has 0 aromatic heterocycles. The number of sulfone groups is 1. The van der Waals surface area contributed by atoms with Crippen LogP contribution in [-0.4, -0.2) is 44.0 Å². The molecule has 0 heterocycles. The number of benzene rings is 2. The molecule has 0 spiro atoms. The van der Waals surface area contributed by atoms with E-state index in [-0.39, 0.29) is 16.4 Å². The highest BCUT2D eigenvalue weighted by Gasteiger charge is 2.19. The second-order valence-corrected chi connectivity index (χ2v) is 7.16. The van der Waals surface area contributed by atoms with Crippen molar-refractivity contribution in [1.82, 2.24) is 0 Å². The Morgan fingerprint density at radius 3 is 1.74 bits per heavy atom. The molecule has 0 saturated carbocycles. The minimum atomic E-state index is -3.75. The average molecular weight is 394 g/mol. The molecular weight excluding hydrogens is 372 g/mol. The molecule has 0 amide bonds. The zero-order valence-electron chi connectivity index (χ0n) is 15.8. The van der Waals surface area contributed by atoms with E-state index >= 15 is 0 Å². The molecule has 0 aliphatic rings. The van der Waals surface area contributed by atoms with Crippen LogP contribution in [0.15, 0.2) is 40.6 Å². The van der Waals surface area contributed by atoms with Gasteiger partial charge in [-0.1, -0.05) is 6.07 Å². The van der Waals surface area contributed by atoms with Crippen molar-refractivity contribution in [3.05, 3.63) is 41.3 Å². The Labute approximate surface area is 159 Å². The Balaban J connectivity index is 2.43. The molecule has 0 atom stereocenters. The third-order valence-corrected chi connectivity index (χ3v) is 5.20. The number of methoxy groups -OCH3 is 5. The van der Waals surface area contributed by atoms with Gasteiger partial charge in [0.25, 0.3) is 0 Å². The summed E-state index contributed by atoms with van der Waals surface area (Å²) in [6.07, 6.45) is 1.47. The first-order chi connectivity index (χ1) is 12.9. The van der Waals surface area contributed by atoms with Crippen LogP contribution < -0.4 is 23.7 Å². The lowest BCUT2D eigenvalue weighted by Crippen LogP contribution is -2.01. The standard InChI is InChI=1S/C19H22O7S/c1-22-15-7-6-13(10-16(15)23-2)8-9-27(20,21)14-11-17(24-3)19(26-5)18(12-14)25-4/h6-12H,1-5H3/b9-8+. The average Bonchev–Trinajstić information content (AvgIpc) is 2.70. The fourth-order valence-corrected chi connectivity index (χ4v) is 3.46. The molecule has 0 fully saturated rings. The first-order valence-electron chi connectivity index (χ1n) is 7.85. The molecule has 0 aliphatic carbocycles. The predicted molar refractivity (Wildman–Crippen MR) is 102 cm³/mol. The molecule has 0 unspecified atom stereocenters. The van der Waals surface area contributed by atoms with Crippen LogP contribution in [0.1, 0.15) is 5.56 Å². The first-order valence-corrected chi connectivity index (χ1v) is 9.40. The van der Waals surface area contributed by atoms with Gasteiger partial charge in [-0.05, 0) is 23.8 Å². The quantitative estimate of drug-likeness (QED) is 0.680. The van der Waals surface area contributed by atoms with E-state index in [2.05, 4.69) is 0 Å². The number of ether oxygens (including phenoxy) is 5. The van der Waals surface area contributed by atoms with E-state index in [1.165, 1.54) is 53.8 Å². The van der Waals surface area contributed by atoms with Crippen LogP contribution in [0.5, 0.6) is 28.7 Å². The van der Waals surface area contributed by atoms with Gasteiger partial charge in [0, 0.05) is 17.5 Å². The topological polar surface area (TPSA) is 80.3 Å². The molecular formula is C19H22O7S. The number of hydrogen-bond acceptors (Lipinski definition) is 7. The van der Waals surface area contributed by atoms with Gasteiger partial charge >= 0.3 is 0 Å².